The van der Waals surface area contributed by atoms with Crippen molar-refractivity contribution < 1.29 is 14.3 Å². The van der Waals surface area contributed by atoms with Gasteiger partial charge in [-0.1, -0.05) is 62.5 Å². The summed E-state index contributed by atoms with van der Waals surface area (Å²) in [5.74, 6) is -0.379. The summed E-state index contributed by atoms with van der Waals surface area (Å²) in [6.45, 7) is 8.95. The van der Waals surface area contributed by atoms with Gasteiger partial charge in [0.25, 0.3) is 5.91 Å². The van der Waals surface area contributed by atoms with Crippen molar-refractivity contribution in [1.29, 1.82) is 0 Å². The fourth-order valence-corrected chi connectivity index (χ4v) is 2.85. The van der Waals surface area contributed by atoms with E-state index in [2.05, 4.69) is 0 Å². The number of hydrogen-bond acceptors (Lipinski definition) is 3. The average Bonchev–Trinajstić information content (AvgIpc) is 2.47. The zero-order valence-corrected chi connectivity index (χ0v) is 16.5. The largest absolute Gasteiger partial charge is 0.452 e. The topological polar surface area (TPSA) is 46.6 Å². The van der Waals surface area contributed by atoms with Crippen LogP contribution in [-0.2, 0) is 9.53 Å². The molecule has 0 aliphatic carbocycles. The van der Waals surface area contributed by atoms with E-state index in [0.29, 0.717) is 24.9 Å². The van der Waals surface area contributed by atoms with Crippen molar-refractivity contribution in [2.24, 2.45) is 11.8 Å². The predicted molar refractivity (Wildman–Crippen MR) is 98.0 cm³/mol. The second-order valence-electron chi connectivity index (χ2n) is 6.38. The first-order chi connectivity index (χ1) is 11.1. The van der Waals surface area contributed by atoms with Crippen molar-refractivity contribution >= 4 is 46.7 Å². The summed E-state index contributed by atoms with van der Waals surface area (Å²) < 4.78 is 5.09. The van der Waals surface area contributed by atoms with Crippen molar-refractivity contribution in [3.63, 3.8) is 0 Å². The fraction of sp³-hybridized carbons (Fsp3) is 0.529. The van der Waals surface area contributed by atoms with E-state index in [4.69, 9.17) is 39.5 Å². The van der Waals surface area contributed by atoms with Crippen molar-refractivity contribution in [1.82, 2.24) is 4.90 Å². The lowest BCUT2D eigenvalue weighted by Gasteiger charge is -2.26. The van der Waals surface area contributed by atoms with Crippen LogP contribution in [0.1, 0.15) is 38.1 Å². The third-order valence-corrected chi connectivity index (χ3v) is 4.22. The van der Waals surface area contributed by atoms with Gasteiger partial charge in [0.05, 0.1) is 20.6 Å². The molecule has 0 aromatic heterocycles. The maximum Gasteiger partial charge on any atom is 0.341 e. The molecule has 4 nitrogen and oxygen atoms in total. The minimum atomic E-state index is -0.769. The van der Waals surface area contributed by atoms with E-state index in [1.54, 1.807) is 4.90 Å². The first-order valence-corrected chi connectivity index (χ1v) is 8.85. The molecule has 24 heavy (non-hydrogen) atoms. The first-order valence-electron chi connectivity index (χ1n) is 7.71. The Hall–Kier alpha value is -0.970. The van der Waals surface area contributed by atoms with Gasteiger partial charge >= 0.3 is 5.97 Å². The van der Waals surface area contributed by atoms with Crippen LogP contribution in [-0.4, -0.2) is 36.5 Å². The summed E-state index contributed by atoms with van der Waals surface area (Å²) in [7, 11) is 0. The Morgan fingerprint density at radius 1 is 1.00 bits per heavy atom. The predicted octanol–water partition coefficient (Wildman–Crippen LogP) is 4.94. The van der Waals surface area contributed by atoms with Crippen LogP contribution in [0.4, 0.5) is 0 Å². The van der Waals surface area contributed by atoms with Crippen LogP contribution in [0.5, 0.6) is 0 Å². The number of carbonyl (C=O) groups is 2. The summed E-state index contributed by atoms with van der Waals surface area (Å²) in [4.78, 5) is 26.2. The third-order valence-electron chi connectivity index (χ3n) is 3.10. The van der Waals surface area contributed by atoms with Gasteiger partial charge < -0.3 is 9.64 Å². The smallest absolute Gasteiger partial charge is 0.341 e. The molecule has 134 valence electrons. The molecule has 0 N–H and O–H groups in total. The molecule has 0 saturated carbocycles. The molecule has 1 aromatic carbocycles. The molecule has 7 heteroatoms. The maximum absolute atomic E-state index is 12.3. The molecule has 0 aliphatic rings. The molecule has 1 rings (SSSR count). The summed E-state index contributed by atoms with van der Waals surface area (Å²) in [5.41, 5.74) is -0.0297. The monoisotopic (exact) mass is 393 g/mol. The van der Waals surface area contributed by atoms with Crippen LogP contribution in [0.25, 0.3) is 0 Å². The maximum atomic E-state index is 12.3. The average molecular weight is 395 g/mol. The van der Waals surface area contributed by atoms with Crippen molar-refractivity contribution in [3.8, 4) is 0 Å². The molecular formula is C17H22Cl3NO3. The molecule has 0 bridgehead atoms. The van der Waals surface area contributed by atoms with Crippen LogP contribution in [0.2, 0.25) is 15.1 Å². The Bertz CT molecular complexity index is 593. The zero-order valence-electron chi connectivity index (χ0n) is 14.2. The Morgan fingerprint density at radius 2 is 1.50 bits per heavy atom. The lowest BCUT2D eigenvalue weighted by atomic mass is 10.1. The Kier molecular flexibility index (Phi) is 8.34. The summed E-state index contributed by atoms with van der Waals surface area (Å²) in [6, 6.07) is 2.94. The number of carbonyl (C=O) groups excluding carboxylic acids is 2. The molecule has 0 fully saturated rings. The zero-order chi connectivity index (χ0) is 18.4. The van der Waals surface area contributed by atoms with Gasteiger partial charge in [-0.3, -0.25) is 4.79 Å². The molecule has 1 amide bonds. The number of halogens is 3. The fourth-order valence-electron chi connectivity index (χ4n) is 2.16. The Morgan fingerprint density at radius 3 is 2.00 bits per heavy atom. The van der Waals surface area contributed by atoms with E-state index in [1.807, 2.05) is 27.7 Å². The number of nitrogens with zero attached hydrogens (tertiary/aromatic N) is 1. The highest BCUT2D eigenvalue weighted by Gasteiger charge is 2.22. The Balaban J connectivity index is 2.78. The van der Waals surface area contributed by atoms with E-state index in [9.17, 15) is 9.59 Å². The molecular weight excluding hydrogens is 373 g/mol. The highest BCUT2D eigenvalue weighted by atomic mass is 35.5. The van der Waals surface area contributed by atoms with E-state index in [0.717, 1.165) is 0 Å². The molecule has 0 heterocycles. The van der Waals surface area contributed by atoms with Crippen LogP contribution in [0, 0.1) is 11.8 Å². The lowest BCUT2D eigenvalue weighted by Crippen LogP contribution is -2.39. The molecule has 0 unspecified atom stereocenters. The highest BCUT2D eigenvalue weighted by Crippen LogP contribution is 2.31. The van der Waals surface area contributed by atoms with Crippen LogP contribution >= 0.6 is 34.8 Å². The molecule has 0 spiro atoms. The second-order valence-corrected chi connectivity index (χ2v) is 7.57. The minimum absolute atomic E-state index is 0.0165. The normalized spacial score (nSPS) is 11.0. The number of benzene rings is 1. The lowest BCUT2D eigenvalue weighted by molar-refractivity contribution is -0.135. The van der Waals surface area contributed by atoms with E-state index >= 15 is 0 Å². The van der Waals surface area contributed by atoms with Gasteiger partial charge in [-0.15, -0.1) is 0 Å². The molecule has 0 radical (unpaired) electrons. The number of ether oxygens (including phenoxy) is 1. The number of esters is 1. The number of rotatable bonds is 7. The quantitative estimate of drug-likeness (QED) is 0.486. The van der Waals surface area contributed by atoms with Gasteiger partial charge in [-0.05, 0) is 24.0 Å². The molecule has 0 aliphatic heterocycles. The Labute approximate surface area is 158 Å². The SMILES string of the molecule is CC(C)CN(CC(C)C)C(=O)COC(=O)c1c(Cl)ccc(Cl)c1Cl. The van der Waals surface area contributed by atoms with E-state index in [-0.39, 0.29) is 33.1 Å². The van der Waals surface area contributed by atoms with Gasteiger partial charge in [-0.25, -0.2) is 4.79 Å². The van der Waals surface area contributed by atoms with Crippen molar-refractivity contribution in [3.05, 3.63) is 32.8 Å². The summed E-state index contributed by atoms with van der Waals surface area (Å²) in [6.07, 6.45) is 0. The van der Waals surface area contributed by atoms with Gasteiger partial charge in [0.15, 0.2) is 6.61 Å². The number of hydrogen-bond donors (Lipinski definition) is 0. The summed E-state index contributed by atoms with van der Waals surface area (Å²) >= 11 is 17.9. The molecule has 0 saturated heterocycles. The van der Waals surface area contributed by atoms with E-state index in [1.165, 1.54) is 12.1 Å². The van der Waals surface area contributed by atoms with Gasteiger partial charge in [0.2, 0.25) is 0 Å². The van der Waals surface area contributed by atoms with Crippen LogP contribution < -0.4 is 0 Å². The highest BCUT2D eigenvalue weighted by molar-refractivity contribution is 6.46. The van der Waals surface area contributed by atoms with Gasteiger partial charge in [-0.2, -0.15) is 0 Å². The molecule has 0 atom stereocenters. The second kappa shape index (κ2) is 9.50. The first kappa shape index (κ1) is 21.1. The summed E-state index contributed by atoms with van der Waals surface area (Å²) in [5, 5.41) is 0.339. The number of amides is 1. The van der Waals surface area contributed by atoms with Crippen molar-refractivity contribution in [2.45, 2.75) is 27.7 Å². The van der Waals surface area contributed by atoms with Crippen LogP contribution in [0.15, 0.2) is 12.1 Å². The van der Waals surface area contributed by atoms with Crippen molar-refractivity contribution in [2.75, 3.05) is 19.7 Å². The van der Waals surface area contributed by atoms with Gasteiger partial charge in [0, 0.05) is 13.1 Å². The minimum Gasteiger partial charge on any atom is -0.452 e. The van der Waals surface area contributed by atoms with Gasteiger partial charge in [0.1, 0.15) is 0 Å². The third kappa shape index (κ3) is 6.15. The molecule has 1 aromatic rings. The standard InChI is InChI=1S/C17H22Cl3NO3/c1-10(2)7-21(8-11(3)4)14(22)9-24-17(23)15-12(18)5-6-13(19)16(15)20/h5-6,10-11H,7-9H2,1-4H3. The van der Waals surface area contributed by atoms with Crippen LogP contribution in [0.3, 0.4) is 0 Å². The van der Waals surface area contributed by atoms with E-state index < -0.39 is 5.97 Å².